The number of nitrogens with zero attached hydrogens (tertiary/aromatic N) is 3. The molecule has 0 radical (unpaired) electrons. The lowest BCUT2D eigenvalue weighted by atomic mass is 10.1. The number of esters is 1. The molecule has 0 aromatic heterocycles. The Morgan fingerprint density at radius 1 is 0.700 bits per heavy atom. The summed E-state index contributed by atoms with van der Waals surface area (Å²) >= 11 is 6.19. The largest absolute Gasteiger partial charge is 0.457 e. The van der Waals surface area contributed by atoms with E-state index in [1.165, 1.54) is 29.2 Å². The first-order chi connectivity index (χ1) is 24.0. The van der Waals surface area contributed by atoms with Crippen LogP contribution < -0.4 is 4.90 Å². The van der Waals surface area contributed by atoms with Crippen molar-refractivity contribution in [2.24, 2.45) is 0 Å². The van der Waals surface area contributed by atoms with Crippen molar-refractivity contribution < 1.29 is 36.3 Å². The molecule has 5 rings (SSSR count). The van der Waals surface area contributed by atoms with Gasteiger partial charge in [-0.25, -0.2) is 31.1 Å². The molecule has 0 saturated carbocycles. The SMILES string of the molecule is N#Cc1ccc(CN(C(=O)CN(Cc2ccc(Cl)cc2)Sc2c(F)c(F)c(F)c(F)c2F)c2ccc(C(=O)OCc3ccccc3)cc2)cc1. The van der Waals surface area contributed by atoms with Gasteiger partial charge in [0.25, 0.3) is 0 Å². The molecular weight excluding hydrogens is 697 g/mol. The predicted octanol–water partition coefficient (Wildman–Crippen LogP) is 9.01. The molecule has 1 amide bonds. The van der Waals surface area contributed by atoms with Crippen molar-refractivity contribution in [2.75, 3.05) is 11.4 Å². The first kappa shape index (κ1) is 36.1. The molecule has 50 heavy (non-hydrogen) atoms. The van der Waals surface area contributed by atoms with Gasteiger partial charge in [0.15, 0.2) is 23.3 Å². The Labute approximate surface area is 293 Å². The number of benzene rings is 5. The van der Waals surface area contributed by atoms with Gasteiger partial charge in [-0.3, -0.25) is 4.79 Å². The van der Waals surface area contributed by atoms with Crippen molar-refractivity contribution in [1.29, 1.82) is 5.26 Å². The Bertz CT molecular complexity index is 2000. The van der Waals surface area contributed by atoms with Crippen LogP contribution in [-0.4, -0.2) is 22.7 Å². The monoisotopic (exact) mass is 721 g/mol. The molecular formula is C37H25ClF5N3O3S. The van der Waals surface area contributed by atoms with Gasteiger partial charge >= 0.3 is 5.97 Å². The molecule has 6 nitrogen and oxygen atoms in total. The van der Waals surface area contributed by atoms with Gasteiger partial charge < -0.3 is 9.64 Å². The highest BCUT2D eigenvalue weighted by Gasteiger charge is 2.29. The van der Waals surface area contributed by atoms with Crippen LogP contribution in [0.5, 0.6) is 0 Å². The van der Waals surface area contributed by atoms with Crippen molar-refractivity contribution in [3.63, 3.8) is 0 Å². The number of nitriles is 1. The molecule has 0 bridgehead atoms. The smallest absolute Gasteiger partial charge is 0.338 e. The van der Waals surface area contributed by atoms with Crippen LogP contribution in [-0.2, 0) is 29.2 Å². The van der Waals surface area contributed by atoms with E-state index in [-0.39, 0.29) is 37.2 Å². The van der Waals surface area contributed by atoms with E-state index in [1.54, 1.807) is 48.5 Å². The number of hydrogen-bond donors (Lipinski definition) is 0. The molecule has 13 heteroatoms. The van der Waals surface area contributed by atoms with Crippen LogP contribution in [0.2, 0.25) is 5.02 Å². The number of rotatable bonds is 12. The Morgan fingerprint density at radius 3 is 1.86 bits per heavy atom. The summed E-state index contributed by atoms with van der Waals surface area (Å²) in [6, 6.07) is 29.7. The summed E-state index contributed by atoms with van der Waals surface area (Å²) < 4.78 is 78.2. The Hall–Kier alpha value is -5.22. The van der Waals surface area contributed by atoms with E-state index in [0.717, 1.165) is 9.87 Å². The summed E-state index contributed by atoms with van der Waals surface area (Å²) in [6.07, 6.45) is 0. The normalized spacial score (nSPS) is 10.9. The second-order valence-corrected chi connectivity index (χ2v) is 12.4. The number of hydrogen-bond acceptors (Lipinski definition) is 6. The van der Waals surface area contributed by atoms with Crippen molar-refractivity contribution in [3.05, 3.63) is 165 Å². The Balaban J connectivity index is 1.44. The average Bonchev–Trinajstić information content (AvgIpc) is 3.14. The van der Waals surface area contributed by atoms with Crippen LogP contribution in [0.1, 0.15) is 32.6 Å². The highest BCUT2D eigenvalue weighted by atomic mass is 35.5. The van der Waals surface area contributed by atoms with E-state index < -0.39 is 52.4 Å². The number of halogens is 6. The Morgan fingerprint density at radius 2 is 1.26 bits per heavy atom. The van der Waals surface area contributed by atoms with Crippen molar-refractivity contribution in [1.82, 2.24) is 4.31 Å². The second kappa shape index (κ2) is 16.5. The van der Waals surface area contributed by atoms with Crippen molar-refractivity contribution >= 4 is 41.1 Å². The second-order valence-electron chi connectivity index (χ2n) is 10.8. The topological polar surface area (TPSA) is 73.6 Å². The van der Waals surface area contributed by atoms with E-state index >= 15 is 0 Å². The lowest BCUT2D eigenvalue weighted by Gasteiger charge is -2.28. The number of anilines is 1. The summed E-state index contributed by atoms with van der Waals surface area (Å²) in [6.45, 7) is -0.715. The predicted molar refractivity (Wildman–Crippen MR) is 178 cm³/mol. The quantitative estimate of drug-likeness (QED) is 0.0421. The molecule has 0 atom stereocenters. The number of amides is 1. The van der Waals surface area contributed by atoms with Crippen molar-refractivity contribution in [3.8, 4) is 6.07 Å². The fourth-order valence-electron chi connectivity index (χ4n) is 4.72. The molecule has 0 aliphatic rings. The van der Waals surface area contributed by atoms with Crippen LogP contribution in [0.15, 0.2) is 108 Å². The number of carbonyl (C=O) groups excluding carboxylic acids is 2. The maximum Gasteiger partial charge on any atom is 0.338 e. The van der Waals surface area contributed by atoms with Gasteiger partial charge in [0.05, 0.1) is 30.3 Å². The van der Waals surface area contributed by atoms with Gasteiger partial charge in [0.1, 0.15) is 11.5 Å². The maximum atomic E-state index is 14.8. The third-order valence-electron chi connectivity index (χ3n) is 7.33. The fourth-order valence-corrected chi connectivity index (χ4v) is 5.83. The fraction of sp³-hybridized carbons (Fsp3) is 0.108. The highest BCUT2D eigenvalue weighted by Crippen LogP contribution is 2.34. The van der Waals surface area contributed by atoms with Gasteiger partial charge in [-0.2, -0.15) is 5.26 Å². The standard InChI is InChI=1S/C37H25ClF5N3O3S/c38-28-14-10-24(11-15-28)19-45(50-36-34(42)32(40)31(39)33(41)35(36)43)21-30(47)46(20-25-8-6-23(18-44)7-9-25)29-16-12-27(13-17-29)37(48)49-22-26-4-2-1-3-5-26/h1-17H,19-22H2. The zero-order chi connectivity index (χ0) is 35.8. The molecule has 0 N–H and O–H groups in total. The molecule has 0 fully saturated rings. The van der Waals surface area contributed by atoms with E-state index in [1.807, 2.05) is 36.4 Å². The molecule has 0 heterocycles. The zero-order valence-electron chi connectivity index (χ0n) is 25.9. The lowest BCUT2D eigenvalue weighted by molar-refractivity contribution is -0.118. The minimum absolute atomic E-state index is 0.0374. The van der Waals surface area contributed by atoms with Gasteiger partial charge in [0.2, 0.25) is 11.7 Å². The van der Waals surface area contributed by atoms with E-state index in [4.69, 9.17) is 16.3 Å². The van der Waals surface area contributed by atoms with Crippen LogP contribution in [0.4, 0.5) is 27.6 Å². The summed E-state index contributed by atoms with van der Waals surface area (Å²) in [7, 11) is 0. The summed E-state index contributed by atoms with van der Waals surface area (Å²) in [5, 5.41) is 9.60. The first-order valence-electron chi connectivity index (χ1n) is 14.8. The van der Waals surface area contributed by atoms with Crippen LogP contribution in [0.25, 0.3) is 0 Å². The minimum Gasteiger partial charge on any atom is -0.457 e. The van der Waals surface area contributed by atoms with E-state index in [0.29, 0.717) is 27.4 Å². The summed E-state index contributed by atoms with van der Waals surface area (Å²) in [5.41, 5.74) is 2.85. The summed E-state index contributed by atoms with van der Waals surface area (Å²) in [5.74, 6) is -11.8. The van der Waals surface area contributed by atoms with Gasteiger partial charge in [-0.1, -0.05) is 66.2 Å². The highest BCUT2D eigenvalue weighted by molar-refractivity contribution is 7.97. The molecule has 5 aromatic rings. The van der Waals surface area contributed by atoms with Crippen LogP contribution in [0.3, 0.4) is 0 Å². The van der Waals surface area contributed by atoms with E-state index in [2.05, 4.69) is 0 Å². The third kappa shape index (κ3) is 8.87. The van der Waals surface area contributed by atoms with Crippen molar-refractivity contribution in [2.45, 2.75) is 24.6 Å². The molecule has 5 aromatic carbocycles. The molecule has 0 unspecified atom stereocenters. The molecule has 0 spiro atoms. The number of ether oxygens (including phenoxy) is 1. The molecule has 0 aliphatic carbocycles. The third-order valence-corrected chi connectivity index (χ3v) is 8.64. The summed E-state index contributed by atoms with van der Waals surface area (Å²) in [4.78, 5) is 26.9. The number of carbonyl (C=O) groups is 2. The van der Waals surface area contributed by atoms with Gasteiger partial charge in [-0.15, -0.1) is 0 Å². The maximum absolute atomic E-state index is 14.8. The van der Waals surface area contributed by atoms with Crippen LogP contribution in [0, 0.1) is 40.4 Å². The molecule has 254 valence electrons. The molecule has 0 saturated heterocycles. The van der Waals surface area contributed by atoms with Gasteiger partial charge in [0, 0.05) is 17.3 Å². The first-order valence-corrected chi connectivity index (χ1v) is 16.0. The Kier molecular flexibility index (Phi) is 11.9. The van der Waals surface area contributed by atoms with Crippen LogP contribution >= 0.6 is 23.5 Å². The zero-order valence-corrected chi connectivity index (χ0v) is 27.5. The lowest BCUT2D eigenvalue weighted by Crippen LogP contribution is -2.38. The van der Waals surface area contributed by atoms with E-state index in [9.17, 15) is 36.8 Å². The average molecular weight is 722 g/mol. The molecule has 0 aliphatic heterocycles. The minimum atomic E-state index is -2.30. The van der Waals surface area contributed by atoms with Gasteiger partial charge in [-0.05, 0) is 77.2 Å².